The molecule has 122 valence electrons. The monoisotopic (exact) mass is 323 g/mol. The highest BCUT2D eigenvalue weighted by molar-refractivity contribution is 5.73. The zero-order chi connectivity index (χ0) is 16.3. The number of hydrogen-bond acceptors (Lipinski definition) is 5. The van der Waals surface area contributed by atoms with Gasteiger partial charge in [0.1, 0.15) is 0 Å². The van der Waals surface area contributed by atoms with E-state index < -0.39 is 12.1 Å². The molecular weight excluding hydrogens is 310 g/mol. The van der Waals surface area contributed by atoms with Gasteiger partial charge < -0.3 is 14.7 Å². The zero-order valence-corrected chi connectivity index (χ0v) is 11.3. The van der Waals surface area contributed by atoms with E-state index in [9.17, 15) is 17.6 Å². The Morgan fingerprint density at radius 2 is 1.68 bits per heavy atom. The second-order valence-electron chi connectivity index (χ2n) is 4.97. The number of halogens is 4. The van der Waals surface area contributed by atoms with Crippen molar-refractivity contribution in [2.75, 3.05) is 31.2 Å². The fourth-order valence-corrected chi connectivity index (χ4v) is 2.32. The average molecular weight is 323 g/mol. The van der Waals surface area contributed by atoms with Gasteiger partial charge in [-0.25, -0.2) is 19.2 Å². The van der Waals surface area contributed by atoms with E-state index in [0.29, 0.717) is 17.8 Å². The van der Waals surface area contributed by atoms with Gasteiger partial charge in [-0.1, -0.05) is 0 Å². The third-order valence-corrected chi connectivity index (χ3v) is 3.37. The quantitative estimate of drug-likeness (QED) is 0.786. The molecular formula is C12H13F4N3O3. The first kappa shape index (κ1) is 16.4. The Morgan fingerprint density at radius 3 is 2.09 bits per heavy atom. The minimum absolute atomic E-state index is 0.388. The van der Waals surface area contributed by atoms with E-state index >= 15 is 0 Å². The number of aliphatic carboxylic acids is 1. The molecule has 0 spiro atoms. The Morgan fingerprint density at radius 1 is 1.23 bits per heavy atom. The van der Waals surface area contributed by atoms with Crippen LogP contribution in [0.25, 0.3) is 0 Å². The topological polar surface area (TPSA) is 75.5 Å². The largest absolute Gasteiger partial charge is 0.490 e. The van der Waals surface area contributed by atoms with Crippen LogP contribution in [0.2, 0.25) is 0 Å². The predicted octanol–water partition coefficient (Wildman–Crippen LogP) is 1.33. The lowest BCUT2D eigenvalue weighted by atomic mass is 10.0. The molecule has 1 aromatic rings. The van der Waals surface area contributed by atoms with Gasteiger partial charge in [0.05, 0.1) is 25.6 Å². The van der Waals surface area contributed by atoms with Crippen molar-refractivity contribution in [1.82, 2.24) is 9.97 Å². The van der Waals surface area contributed by atoms with Crippen LogP contribution in [0.1, 0.15) is 0 Å². The van der Waals surface area contributed by atoms with Crippen molar-refractivity contribution in [3.05, 3.63) is 18.2 Å². The SMILES string of the molecule is Fc1cnc(N2CC3COCC3C2)nc1.O=C(O)C(F)(F)F. The van der Waals surface area contributed by atoms with Crippen LogP contribution in [0.5, 0.6) is 0 Å². The molecule has 2 unspecified atom stereocenters. The minimum atomic E-state index is -5.08. The summed E-state index contributed by atoms with van der Waals surface area (Å²) in [6.07, 6.45) is -2.65. The Kier molecular flexibility index (Phi) is 4.79. The van der Waals surface area contributed by atoms with E-state index in [2.05, 4.69) is 14.9 Å². The highest BCUT2D eigenvalue weighted by Crippen LogP contribution is 2.30. The summed E-state index contributed by atoms with van der Waals surface area (Å²) in [5, 5.41) is 7.12. The fourth-order valence-electron chi connectivity index (χ4n) is 2.32. The number of alkyl halides is 3. The molecule has 2 aliphatic rings. The van der Waals surface area contributed by atoms with E-state index in [-0.39, 0.29) is 5.82 Å². The van der Waals surface area contributed by atoms with E-state index in [1.54, 1.807) is 0 Å². The lowest BCUT2D eigenvalue weighted by Crippen LogP contribution is -2.24. The number of carboxylic acid groups (broad SMARTS) is 1. The summed E-state index contributed by atoms with van der Waals surface area (Å²) in [6.45, 7) is 3.53. The molecule has 2 saturated heterocycles. The van der Waals surface area contributed by atoms with Crippen LogP contribution in [0.3, 0.4) is 0 Å². The van der Waals surface area contributed by atoms with Crippen molar-refractivity contribution in [1.29, 1.82) is 0 Å². The molecule has 3 rings (SSSR count). The Balaban J connectivity index is 0.000000217. The van der Waals surface area contributed by atoms with Gasteiger partial charge in [-0.15, -0.1) is 0 Å². The number of nitrogens with zero attached hydrogens (tertiary/aromatic N) is 3. The van der Waals surface area contributed by atoms with Gasteiger partial charge >= 0.3 is 12.1 Å². The van der Waals surface area contributed by atoms with Crippen LogP contribution in [0, 0.1) is 17.7 Å². The predicted molar refractivity (Wildman–Crippen MR) is 65.7 cm³/mol. The third kappa shape index (κ3) is 4.03. The molecule has 0 amide bonds. The second kappa shape index (κ2) is 6.42. The average Bonchev–Trinajstić information content (AvgIpc) is 3.00. The number of fused-ring (bicyclic) bond motifs is 1. The Bertz CT molecular complexity index is 511. The van der Waals surface area contributed by atoms with Gasteiger partial charge in [0.2, 0.25) is 5.95 Å². The molecule has 2 atom stereocenters. The third-order valence-electron chi connectivity index (χ3n) is 3.37. The first-order chi connectivity index (χ1) is 10.3. The first-order valence-electron chi connectivity index (χ1n) is 6.37. The number of carboxylic acids is 1. The standard InChI is InChI=1S/C10H12FN3O.C2HF3O2/c11-9-1-12-10(13-2-9)14-3-7-5-15-6-8(7)4-14;3-2(4,5)1(6)7/h1-2,7-8H,3-6H2;(H,6,7). The highest BCUT2D eigenvalue weighted by Gasteiger charge is 2.38. The molecule has 2 aliphatic heterocycles. The summed E-state index contributed by atoms with van der Waals surface area (Å²) in [5.74, 6) is -1.32. The van der Waals surface area contributed by atoms with Gasteiger partial charge in [-0.05, 0) is 0 Å². The van der Waals surface area contributed by atoms with E-state index in [1.165, 1.54) is 12.4 Å². The van der Waals surface area contributed by atoms with Crippen LogP contribution < -0.4 is 4.90 Å². The molecule has 0 aromatic carbocycles. The molecule has 0 saturated carbocycles. The van der Waals surface area contributed by atoms with E-state index in [0.717, 1.165) is 26.3 Å². The zero-order valence-electron chi connectivity index (χ0n) is 11.3. The summed E-state index contributed by atoms with van der Waals surface area (Å²) in [6, 6.07) is 0. The number of rotatable bonds is 1. The molecule has 3 heterocycles. The van der Waals surface area contributed by atoms with Crippen molar-refractivity contribution >= 4 is 11.9 Å². The van der Waals surface area contributed by atoms with Gasteiger partial charge in [-0.2, -0.15) is 13.2 Å². The molecule has 6 nitrogen and oxygen atoms in total. The first-order valence-corrected chi connectivity index (χ1v) is 6.37. The number of carbonyl (C=O) groups is 1. The minimum Gasteiger partial charge on any atom is -0.475 e. The Labute approximate surface area is 122 Å². The highest BCUT2D eigenvalue weighted by atomic mass is 19.4. The number of hydrogen-bond donors (Lipinski definition) is 1. The summed E-state index contributed by atoms with van der Waals surface area (Å²) in [4.78, 5) is 19.0. The number of ether oxygens (including phenoxy) is 1. The smallest absolute Gasteiger partial charge is 0.475 e. The molecule has 10 heteroatoms. The maximum Gasteiger partial charge on any atom is 0.490 e. The van der Waals surface area contributed by atoms with Crippen LogP contribution in [-0.2, 0) is 9.53 Å². The second-order valence-corrected chi connectivity index (χ2v) is 4.97. The molecule has 1 N–H and O–H groups in total. The van der Waals surface area contributed by atoms with Crippen LogP contribution >= 0.6 is 0 Å². The molecule has 0 bridgehead atoms. The van der Waals surface area contributed by atoms with Crippen LogP contribution in [0.15, 0.2) is 12.4 Å². The summed E-state index contributed by atoms with van der Waals surface area (Å²) < 4.78 is 49.8. The molecule has 22 heavy (non-hydrogen) atoms. The molecule has 0 radical (unpaired) electrons. The van der Waals surface area contributed by atoms with Crippen LogP contribution in [0.4, 0.5) is 23.5 Å². The lowest BCUT2D eigenvalue weighted by molar-refractivity contribution is -0.192. The van der Waals surface area contributed by atoms with Gasteiger partial charge in [-0.3, -0.25) is 0 Å². The maximum atomic E-state index is 12.6. The lowest BCUT2D eigenvalue weighted by Gasteiger charge is -2.16. The number of anilines is 1. The van der Waals surface area contributed by atoms with Crippen molar-refractivity contribution in [2.45, 2.75) is 6.18 Å². The van der Waals surface area contributed by atoms with Crippen molar-refractivity contribution in [2.24, 2.45) is 11.8 Å². The Hall–Kier alpha value is -1.97. The molecule has 1 aromatic heterocycles. The van der Waals surface area contributed by atoms with Gasteiger partial charge in [0, 0.05) is 24.9 Å². The molecule has 2 fully saturated rings. The summed E-state index contributed by atoms with van der Waals surface area (Å²) >= 11 is 0. The normalized spacial score (nSPS) is 23.7. The van der Waals surface area contributed by atoms with E-state index in [4.69, 9.17) is 14.6 Å². The fraction of sp³-hybridized carbons (Fsp3) is 0.583. The van der Waals surface area contributed by atoms with E-state index in [1.807, 2.05) is 0 Å². The van der Waals surface area contributed by atoms with Crippen molar-refractivity contribution in [3.8, 4) is 0 Å². The number of aromatic nitrogens is 2. The van der Waals surface area contributed by atoms with Gasteiger partial charge in [0.15, 0.2) is 5.82 Å². The summed E-state index contributed by atoms with van der Waals surface area (Å²) in [5.41, 5.74) is 0. The summed E-state index contributed by atoms with van der Waals surface area (Å²) in [7, 11) is 0. The van der Waals surface area contributed by atoms with Crippen LogP contribution in [-0.4, -0.2) is 53.5 Å². The maximum absolute atomic E-state index is 12.6. The van der Waals surface area contributed by atoms with Crippen molar-refractivity contribution in [3.63, 3.8) is 0 Å². The van der Waals surface area contributed by atoms with Gasteiger partial charge in [0.25, 0.3) is 0 Å². The molecule has 0 aliphatic carbocycles. The van der Waals surface area contributed by atoms with Crippen molar-refractivity contribution < 1.29 is 32.2 Å².